The molecule has 0 atom stereocenters. The number of benzene rings is 7. The molecule has 74 heavy (non-hydrogen) atoms. The van der Waals surface area contributed by atoms with Gasteiger partial charge in [-0.25, -0.2) is 4.98 Å². The van der Waals surface area contributed by atoms with Gasteiger partial charge in [-0.15, -0.1) is 53.6 Å². The third-order valence-electron chi connectivity index (χ3n) is 15.0. The van der Waals surface area contributed by atoms with Crippen molar-refractivity contribution in [1.82, 2.24) is 9.55 Å². The fourth-order valence-electron chi connectivity index (χ4n) is 10.1. The van der Waals surface area contributed by atoms with E-state index in [0.717, 1.165) is 44.6 Å². The molecule has 0 bridgehead atoms. The summed E-state index contributed by atoms with van der Waals surface area (Å²) in [6, 6.07) is 66.6. The van der Waals surface area contributed by atoms with Crippen LogP contribution in [0.4, 0.5) is 11.4 Å². The van der Waals surface area contributed by atoms with Crippen LogP contribution in [0, 0.1) is 24.2 Å². The molecule has 3 heterocycles. The zero-order valence-corrected chi connectivity index (χ0v) is 47.6. The first-order valence-corrected chi connectivity index (χ1v) is 25.8. The van der Waals surface area contributed by atoms with Gasteiger partial charge in [0.15, 0.2) is 0 Å². The number of allylic oxidation sites excluding steroid dienone is 1. The van der Waals surface area contributed by atoms with E-state index in [-0.39, 0.29) is 48.1 Å². The molecule has 0 aliphatic carbocycles. The summed E-state index contributed by atoms with van der Waals surface area (Å²) in [6.07, 6.45) is 4.20. The summed E-state index contributed by atoms with van der Waals surface area (Å²) in [5.74, 6) is 2.05. The molecular formula is C68H69N4OPt-3. The topological polar surface area (TPSA) is 33.5 Å². The van der Waals surface area contributed by atoms with Crippen molar-refractivity contribution in [3.8, 4) is 28.4 Å². The molecule has 0 saturated heterocycles. The van der Waals surface area contributed by atoms with Gasteiger partial charge in [0.2, 0.25) is 0 Å². The molecule has 10 rings (SSSR count). The van der Waals surface area contributed by atoms with Crippen LogP contribution in [0.1, 0.15) is 123 Å². The maximum absolute atomic E-state index is 6.98. The second-order valence-corrected chi connectivity index (χ2v) is 24.0. The zero-order chi connectivity index (χ0) is 51.7. The van der Waals surface area contributed by atoms with Gasteiger partial charge in [-0.2, -0.15) is 6.07 Å². The molecule has 1 aliphatic rings. The fourth-order valence-corrected chi connectivity index (χ4v) is 10.1. The number of rotatable bonds is 10. The van der Waals surface area contributed by atoms with Crippen molar-refractivity contribution in [2.45, 2.75) is 112 Å². The minimum Gasteiger partial charge on any atom is -0.509 e. The predicted octanol–water partition coefficient (Wildman–Crippen LogP) is 17.8. The molecule has 0 N–H and O–H groups in total. The second-order valence-electron chi connectivity index (χ2n) is 24.0. The molecule has 0 saturated carbocycles. The van der Waals surface area contributed by atoms with E-state index < -0.39 is 0 Å². The van der Waals surface area contributed by atoms with E-state index in [1.807, 2.05) is 6.20 Å². The molecule has 2 aromatic heterocycles. The molecule has 0 amide bonds. The molecular weight excluding hydrogens is 1080 g/mol. The second kappa shape index (κ2) is 19.5. The van der Waals surface area contributed by atoms with Crippen LogP contribution < -0.4 is 14.5 Å². The Morgan fingerprint density at radius 2 is 1.07 bits per heavy atom. The predicted molar refractivity (Wildman–Crippen MR) is 306 cm³/mol. The molecule has 0 radical (unpaired) electrons. The van der Waals surface area contributed by atoms with Gasteiger partial charge in [0, 0.05) is 71.9 Å². The number of nitrogens with zero attached hydrogens (tertiary/aromatic N) is 4. The minimum atomic E-state index is -0.262. The summed E-state index contributed by atoms with van der Waals surface area (Å²) in [7, 11) is 0. The number of hydrogen-bond donors (Lipinski definition) is 0. The first-order valence-electron chi connectivity index (χ1n) is 25.8. The van der Waals surface area contributed by atoms with Crippen LogP contribution in [0.2, 0.25) is 0 Å². The van der Waals surface area contributed by atoms with Gasteiger partial charge in [0.25, 0.3) is 0 Å². The first-order chi connectivity index (χ1) is 34.6. The first kappa shape index (κ1) is 52.2. The standard InChI is InChI=1S/C68H69N4O.Pt/c1-64(2,3)52-35-47(46-23-17-14-18-24-46)36-55(38-52)71-45-70(44-62(71)66(7,8)9)54-37-53(65(4,5)6)39-57(42-54)73-56-30-31-58-59-40-50(67(10,11)48-25-19-15-20-26-48)29-32-60(59)72(61(58)43-56)63-41-51(33-34-69-63)68(12,13)49-27-21-16-22-28-49;/h14-41,44-45H,1-13H3;/q-3;. The Hall–Kier alpha value is -6.68. The van der Waals surface area contributed by atoms with E-state index in [1.165, 1.54) is 44.6 Å². The molecule has 0 unspecified atom stereocenters. The maximum Gasteiger partial charge on any atom is 0.135 e. The molecule has 1 aliphatic heterocycles. The van der Waals surface area contributed by atoms with Crippen LogP contribution in [0.5, 0.6) is 11.5 Å². The Kier molecular flexibility index (Phi) is 13.8. The van der Waals surface area contributed by atoms with E-state index >= 15 is 0 Å². The Morgan fingerprint density at radius 1 is 0.473 bits per heavy atom. The van der Waals surface area contributed by atoms with Crippen molar-refractivity contribution < 1.29 is 25.8 Å². The Labute approximate surface area is 455 Å². The Bertz CT molecular complexity index is 3510. The van der Waals surface area contributed by atoms with Gasteiger partial charge in [-0.3, -0.25) is 0 Å². The van der Waals surface area contributed by atoms with Gasteiger partial charge in [0.1, 0.15) is 5.82 Å². The van der Waals surface area contributed by atoms with Crippen molar-refractivity contribution in [3.63, 3.8) is 0 Å². The number of hydrogen-bond acceptors (Lipinski definition) is 4. The van der Waals surface area contributed by atoms with Crippen molar-refractivity contribution in [3.05, 3.63) is 234 Å². The van der Waals surface area contributed by atoms with Crippen LogP contribution in [-0.4, -0.2) is 9.55 Å². The van der Waals surface area contributed by atoms with Gasteiger partial charge >= 0.3 is 0 Å². The van der Waals surface area contributed by atoms with Crippen molar-refractivity contribution in [2.24, 2.45) is 5.41 Å². The van der Waals surface area contributed by atoms with E-state index in [2.05, 4.69) is 293 Å². The van der Waals surface area contributed by atoms with Crippen LogP contribution in [-0.2, 0) is 42.7 Å². The van der Waals surface area contributed by atoms with Crippen LogP contribution in [0.25, 0.3) is 38.8 Å². The normalized spacial score (nSPS) is 13.6. The quantitative estimate of drug-likeness (QED) is 0.128. The Morgan fingerprint density at radius 3 is 1.68 bits per heavy atom. The van der Waals surface area contributed by atoms with Crippen LogP contribution in [0.15, 0.2) is 182 Å². The summed E-state index contributed by atoms with van der Waals surface area (Å²) in [4.78, 5) is 9.65. The number of aromatic nitrogens is 2. The summed E-state index contributed by atoms with van der Waals surface area (Å²) in [6.45, 7) is 31.8. The summed E-state index contributed by atoms with van der Waals surface area (Å²) in [5.41, 5.74) is 14.0. The zero-order valence-electron chi connectivity index (χ0n) is 45.3. The average Bonchev–Trinajstić information content (AvgIpc) is 3.97. The molecule has 380 valence electrons. The van der Waals surface area contributed by atoms with E-state index in [4.69, 9.17) is 9.72 Å². The number of ether oxygens (including phenoxy) is 1. The van der Waals surface area contributed by atoms with E-state index in [9.17, 15) is 0 Å². The third kappa shape index (κ3) is 10.1. The fraction of sp³-hybridized carbons (Fsp3) is 0.265. The molecule has 9 aromatic rings. The van der Waals surface area contributed by atoms with E-state index in [1.54, 1.807) is 0 Å². The molecule has 0 spiro atoms. The number of pyridine rings is 1. The van der Waals surface area contributed by atoms with E-state index in [0.29, 0.717) is 11.5 Å². The summed E-state index contributed by atoms with van der Waals surface area (Å²) in [5, 5.41) is 2.21. The summed E-state index contributed by atoms with van der Waals surface area (Å²) < 4.78 is 9.24. The van der Waals surface area contributed by atoms with Gasteiger partial charge in [0.05, 0.1) is 0 Å². The number of anilines is 2. The largest absolute Gasteiger partial charge is 0.509 e. The van der Waals surface area contributed by atoms with Crippen LogP contribution in [0.3, 0.4) is 0 Å². The van der Waals surface area contributed by atoms with Gasteiger partial charge in [-0.05, 0) is 91.7 Å². The smallest absolute Gasteiger partial charge is 0.135 e. The minimum absolute atomic E-state index is 0. The molecule has 0 fully saturated rings. The van der Waals surface area contributed by atoms with Crippen LogP contribution >= 0.6 is 0 Å². The van der Waals surface area contributed by atoms with Crippen molar-refractivity contribution in [1.29, 1.82) is 0 Å². The molecule has 6 heteroatoms. The monoisotopic (exact) mass is 1150 g/mol. The third-order valence-corrected chi connectivity index (χ3v) is 15.0. The molecule has 7 aromatic carbocycles. The van der Waals surface area contributed by atoms with Crippen molar-refractivity contribution in [2.75, 3.05) is 9.80 Å². The average molecular weight is 1150 g/mol. The van der Waals surface area contributed by atoms with Gasteiger partial charge in [-0.1, -0.05) is 205 Å². The number of fused-ring (bicyclic) bond motifs is 3. The van der Waals surface area contributed by atoms with Gasteiger partial charge < -0.3 is 19.1 Å². The van der Waals surface area contributed by atoms with Crippen molar-refractivity contribution >= 4 is 33.2 Å². The SMILES string of the molecule is CC(C)(C)C1=CN(c2[c-]c(Oc3[c-]c4c(cc3)c3cc(C(C)(C)c5ccccc5)ccc3n4-c3cc(C(C)(C)c4ccccc4)ccn3)cc(C(C)(C)C)c2)[CH-]N1c1cc(-c2ccccc2)cc(C(C)(C)C)c1.[Pt]. The maximum atomic E-state index is 6.98. The Balaban J connectivity index is 0.00000672. The molecule has 5 nitrogen and oxygen atoms in total. The summed E-state index contributed by atoms with van der Waals surface area (Å²) >= 11 is 0.